The van der Waals surface area contributed by atoms with E-state index in [1.54, 1.807) is 12.1 Å². The Labute approximate surface area is 117 Å². The minimum atomic E-state index is -0.410. The minimum Gasteiger partial charge on any atom is -0.337 e. The molecule has 0 bridgehead atoms. The van der Waals surface area contributed by atoms with Gasteiger partial charge in [0.1, 0.15) is 0 Å². The van der Waals surface area contributed by atoms with Crippen LogP contribution in [0.5, 0.6) is 0 Å². The minimum absolute atomic E-state index is 0.224. The summed E-state index contributed by atoms with van der Waals surface area (Å²) in [6.07, 6.45) is 0.678. The zero-order valence-corrected chi connectivity index (χ0v) is 11.6. The molecule has 0 aliphatic heterocycles. The number of nitrogens with two attached hydrogens (primary N) is 1. The number of amides is 3. The summed E-state index contributed by atoms with van der Waals surface area (Å²) in [4.78, 5) is 24.1. The van der Waals surface area contributed by atoms with E-state index in [4.69, 9.17) is 17.3 Å². The van der Waals surface area contributed by atoms with E-state index in [9.17, 15) is 9.59 Å². The molecule has 6 heteroatoms. The number of nitrogens with zero attached hydrogens (tertiary/aromatic N) is 1. The van der Waals surface area contributed by atoms with Gasteiger partial charge in [0.05, 0.1) is 0 Å². The molecule has 3 amide bonds. The number of carbonyl (C=O) groups is 2. The number of carbonyl (C=O) groups excluding carboxylic acids is 2. The molecule has 1 aromatic rings. The van der Waals surface area contributed by atoms with E-state index in [0.717, 1.165) is 10.5 Å². The monoisotopic (exact) mass is 283 g/mol. The molecular weight excluding hydrogens is 266 g/mol. The summed E-state index contributed by atoms with van der Waals surface area (Å²) in [5.74, 6) is -0.311. The van der Waals surface area contributed by atoms with Crippen LogP contribution in [0.15, 0.2) is 24.3 Å². The van der Waals surface area contributed by atoms with Crippen molar-refractivity contribution in [2.75, 3.05) is 19.6 Å². The molecule has 0 saturated heterocycles. The van der Waals surface area contributed by atoms with Crippen LogP contribution < -0.4 is 11.1 Å². The highest BCUT2D eigenvalue weighted by atomic mass is 35.5. The summed E-state index contributed by atoms with van der Waals surface area (Å²) in [6.45, 7) is 2.27. The van der Waals surface area contributed by atoms with Crippen LogP contribution in [-0.2, 0) is 11.2 Å². The van der Waals surface area contributed by atoms with Gasteiger partial charge in [-0.05, 0) is 24.1 Å². The molecule has 0 radical (unpaired) electrons. The first-order chi connectivity index (χ1) is 9.04. The van der Waals surface area contributed by atoms with Crippen molar-refractivity contribution in [3.8, 4) is 0 Å². The number of hydrogen-bond acceptors (Lipinski definition) is 3. The van der Waals surface area contributed by atoms with Crippen LogP contribution >= 0.6 is 11.6 Å². The average Bonchev–Trinajstić information content (AvgIpc) is 2.37. The average molecular weight is 284 g/mol. The Morgan fingerprint density at radius 3 is 2.47 bits per heavy atom. The van der Waals surface area contributed by atoms with E-state index in [0.29, 0.717) is 18.0 Å². The summed E-state index contributed by atoms with van der Waals surface area (Å²) in [6, 6.07) is 6.99. The first-order valence-corrected chi connectivity index (χ1v) is 6.43. The number of nitrogens with one attached hydrogen (secondary N) is 1. The van der Waals surface area contributed by atoms with Crippen LogP contribution in [0.4, 0.5) is 4.79 Å². The fourth-order valence-electron chi connectivity index (χ4n) is 1.59. The van der Waals surface area contributed by atoms with Gasteiger partial charge in [-0.2, -0.15) is 0 Å². The maximum atomic E-state index is 11.7. The highest BCUT2D eigenvalue weighted by Gasteiger charge is 2.15. The Morgan fingerprint density at radius 1 is 1.32 bits per heavy atom. The molecule has 0 unspecified atom stereocenters. The molecule has 5 nitrogen and oxygen atoms in total. The van der Waals surface area contributed by atoms with Gasteiger partial charge in [0.15, 0.2) is 0 Å². The molecule has 0 heterocycles. The van der Waals surface area contributed by atoms with Crippen LogP contribution in [0, 0.1) is 0 Å². The zero-order chi connectivity index (χ0) is 14.3. The Hall–Kier alpha value is -1.59. The first kappa shape index (κ1) is 15.5. The molecule has 0 aromatic heterocycles. The van der Waals surface area contributed by atoms with Crippen molar-refractivity contribution < 1.29 is 9.59 Å². The third-order valence-electron chi connectivity index (χ3n) is 2.58. The topological polar surface area (TPSA) is 75.4 Å². The number of benzene rings is 1. The van der Waals surface area contributed by atoms with Crippen molar-refractivity contribution in [1.82, 2.24) is 10.2 Å². The van der Waals surface area contributed by atoms with Crippen LogP contribution in [-0.4, -0.2) is 36.5 Å². The fourth-order valence-corrected chi connectivity index (χ4v) is 1.72. The summed E-state index contributed by atoms with van der Waals surface area (Å²) in [5, 5.41) is 3.37. The van der Waals surface area contributed by atoms with Gasteiger partial charge in [-0.25, -0.2) is 4.79 Å². The SMILES string of the molecule is CC(=O)N(CCN)C(=O)NCCc1ccc(Cl)cc1. The molecule has 0 aliphatic carbocycles. The van der Waals surface area contributed by atoms with Crippen LogP contribution in [0.1, 0.15) is 12.5 Å². The Bertz CT molecular complexity index is 434. The van der Waals surface area contributed by atoms with E-state index >= 15 is 0 Å². The van der Waals surface area contributed by atoms with Gasteiger partial charge in [-0.1, -0.05) is 23.7 Å². The van der Waals surface area contributed by atoms with E-state index in [1.165, 1.54) is 6.92 Å². The van der Waals surface area contributed by atoms with Crippen molar-refractivity contribution in [3.05, 3.63) is 34.9 Å². The second kappa shape index (κ2) is 7.76. The zero-order valence-electron chi connectivity index (χ0n) is 10.9. The van der Waals surface area contributed by atoms with Crippen molar-refractivity contribution >= 4 is 23.5 Å². The summed E-state index contributed by atoms with van der Waals surface area (Å²) < 4.78 is 0. The van der Waals surface area contributed by atoms with Gasteiger partial charge >= 0.3 is 6.03 Å². The van der Waals surface area contributed by atoms with Gasteiger partial charge in [-0.3, -0.25) is 9.69 Å². The number of urea groups is 1. The first-order valence-electron chi connectivity index (χ1n) is 6.05. The Balaban J connectivity index is 2.41. The molecule has 1 rings (SSSR count). The van der Waals surface area contributed by atoms with Gasteiger partial charge in [0, 0.05) is 31.6 Å². The maximum Gasteiger partial charge on any atom is 0.324 e. The summed E-state index contributed by atoms with van der Waals surface area (Å²) in [7, 11) is 0. The number of imide groups is 1. The van der Waals surface area contributed by atoms with Crippen molar-refractivity contribution in [3.63, 3.8) is 0 Å². The lowest BCUT2D eigenvalue weighted by molar-refractivity contribution is -0.125. The number of halogens is 1. The number of hydrogen-bond donors (Lipinski definition) is 2. The normalized spacial score (nSPS) is 10.1. The van der Waals surface area contributed by atoms with Crippen LogP contribution in [0.2, 0.25) is 5.02 Å². The van der Waals surface area contributed by atoms with E-state index in [1.807, 2.05) is 12.1 Å². The smallest absolute Gasteiger partial charge is 0.324 e. The van der Waals surface area contributed by atoms with Crippen molar-refractivity contribution in [2.24, 2.45) is 5.73 Å². The Kier molecular flexibility index (Phi) is 6.32. The van der Waals surface area contributed by atoms with Gasteiger partial charge in [0.2, 0.25) is 5.91 Å². The maximum absolute atomic E-state index is 11.7. The standard InChI is InChI=1S/C13H18ClN3O2/c1-10(18)17(9-7-15)13(19)16-8-6-11-2-4-12(14)5-3-11/h2-5H,6-9,15H2,1H3,(H,16,19). The predicted molar refractivity (Wildman–Crippen MR) is 75.0 cm³/mol. The highest BCUT2D eigenvalue weighted by molar-refractivity contribution is 6.30. The largest absolute Gasteiger partial charge is 0.337 e. The lowest BCUT2D eigenvalue weighted by atomic mass is 10.1. The van der Waals surface area contributed by atoms with E-state index < -0.39 is 6.03 Å². The van der Waals surface area contributed by atoms with Crippen molar-refractivity contribution in [2.45, 2.75) is 13.3 Å². The third kappa shape index (κ3) is 5.28. The highest BCUT2D eigenvalue weighted by Crippen LogP contribution is 2.09. The lowest BCUT2D eigenvalue weighted by Gasteiger charge is -2.18. The lowest BCUT2D eigenvalue weighted by Crippen LogP contribution is -2.45. The van der Waals surface area contributed by atoms with Crippen molar-refractivity contribution in [1.29, 1.82) is 0 Å². The van der Waals surface area contributed by atoms with Crippen LogP contribution in [0.25, 0.3) is 0 Å². The van der Waals surface area contributed by atoms with E-state index in [2.05, 4.69) is 5.32 Å². The van der Waals surface area contributed by atoms with Gasteiger partial charge in [-0.15, -0.1) is 0 Å². The molecule has 0 spiro atoms. The third-order valence-corrected chi connectivity index (χ3v) is 2.83. The predicted octanol–water partition coefficient (Wildman–Crippen LogP) is 1.40. The molecular formula is C13H18ClN3O2. The van der Waals surface area contributed by atoms with Gasteiger partial charge < -0.3 is 11.1 Å². The molecule has 104 valence electrons. The number of rotatable bonds is 5. The molecule has 0 saturated carbocycles. The molecule has 0 aliphatic rings. The summed E-state index contributed by atoms with van der Waals surface area (Å²) in [5.41, 5.74) is 6.42. The second-order valence-electron chi connectivity index (χ2n) is 4.07. The van der Waals surface area contributed by atoms with Gasteiger partial charge in [0.25, 0.3) is 0 Å². The quantitative estimate of drug-likeness (QED) is 0.858. The fraction of sp³-hybridized carbons (Fsp3) is 0.385. The second-order valence-corrected chi connectivity index (χ2v) is 4.50. The molecule has 3 N–H and O–H groups in total. The molecule has 0 atom stereocenters. The molecule has 0 fully saturated rings. The van der Waals surface area contributed by atoms with Crippen LogP contribution in [0.3, 0.4) is 0 Å². The Morgan fingerprint density at radius 2 is 1.95 bits per heavy atom. The van der Waals surface area contributed by atoms with E-state index in [-0.39, 0.29) is 19.0 Å². The summed E-state index contributed by atoms with van der Waals surface area (Å²) >= 11 is 5.78. The molecule has 1 aromatic carbocycles. The molecule has 19 heavy (non-hydrogen) atoms.